The number of hydrogen-bond donors (Lipinski definition) is 0. The Bertz CT molecular complexity index is 51.8. The second-order valence-corrected chi connectivity index (χ2v) is 0.812. The van der Waals surface area contributed by atoms with Crippen LogP contribution in [0.5, 0.6) is 0 Å². The normalized spacial score (nSPS) is 4.67. The van der Waals surface area contributed by atoms with Crippen molar-refractivity contribution in [1.29, 1.82) is 0 Å². The van der Waals surface area contributed by atoms with E-state index in [1.165, 1.54) is 13.5 Å². The number of hydrogen-bond acceptors (Lipinski definition) is 2. The number of methoxy groups -OCH3 is 1. The fraction of sp³-hybridized carbons (Fsp3) is 0.500. The molecule has 0 aliphatic carbocycles. The minimum atomic E-state index is -0.282. The summed E-state index contributed by atoms with van der Waals surface area (Å²) < 4.78 is 4.20. The topological polar surface area (TPSA) is 26.3 Å². The molecular formula is C4H7O2Y3-. The van der Waals surface area contributed by atoms with Crippen molar-refractivity contribution in [3.8, 4) is 0 Å². The van der Waals surface area contributed by atoms with Crippen molar-refractivity contribution >= 4 is 5.97 Å². The van der Waals surface area contributed by atoms with E-state index in [1.807, 2.05) is 0 Å². The van der Waals surface area contributed by atoms with Crippen molar-refractivity contribution in [2.24, 2.45) is 0 Å². The molecule has 0 aliphatic rings. The minimum absolute atomic E-state index is 0. The van der Waals surface area contributed by atoms with Crippen LogP contribution in [-0.4, -0.2) is 13.1 Å². The second-order valence-electron chi connectivity index (χ2n) is 0.812. The van der Waals surface area contributed by atoms with E-state index in [1.54, 1.807) is 6.92 Å². The molecule has 0 fully saturated rings. The summed E-state index contributed by atoms with van der Waals surface area (Å²) in [5.41, 5.74) is 0. The van der Waals surface area contributed by atoms with E-state index in [4.69, 9.17) is 0 Å². The van der Waals surface area contributed by atoms with Gasteiger partial charge in [0.1, 0.15) is 0 Å². The summed E-state index contributed by atoms with van der Waals surface area (Å²) in [5.74, 6) is -0.282. The molecule has 0 aliphatic heterocycles. The number of ether oxygens (including phenoxy) is 1. The van der Waals surface area contributed by atoms with E-state index in [2.05, 4.69) is 4.74 Å². The van der Waals surface area contributed by atoms with Crippen LogP contribution in [0.4, 0.5) is 0 Å². The van der Waals surface area contributed by atoms with Crippen molar-refractivity contribution in [2.45, 2.75) is 6.92 Å². The van der Waals surface area contributed by atoms with Crippen LogP contribution < -0.4 is 0 Å². The molecule has 0 heterocycles. The third-order valence-corrected chi connectivity index (χ3v) is 0.437. The summed E-state index contributed by atoms with van der Waals surface area (Å²) >= 11 is 0. The van der Waals surface area contributed by atoms with Crippen molar-refractivity contribution in [1.82, 2.24) is 0 Å². The van der Waals surface area contributed by atoms with Gasteiger partial charge in [0.05, 0.1) is 7.11 Å². The zero-order valence-electron chi connectivity index (χ0n) is 5.63. The molecule has 0 spiro atoms. The molecule has 0 bridgehead atoms. The first-order chi connectivity index (χ1) is 2.81. The molecule has 3 radical (unpaired) electrons. The third-order valence-electron chi connectivity index (χ3n) is 0.437. The fourth-order valence-electron chi connectivity index (χ4n) is 0.118. The van der Waals surface area contributed by atoms with Gasteiger partial charge in [0, 0.05) is 98.1 Å². The molecule has 0 aromatic heterocycles. The average molecular weight is 354 g/mol. The van der Waals surface area contributed by atoms with Crippen molar-refractivity contribution in [2.75, 3.05) is 7.11 Å². The molecule has 2 nitrogen and oxygen atoms in total. The molecule has 5 heteroatoms. The maximum absolute atomic E-state index is 9.90. The first kappa shape index (κ1) is 22.6. The molecule has 0 unspecified atom stereocenters. The van der Waals surface area contributed by atoms with Gasteiger partial charge in [0.15, 0.2) is 5.97 Å². The largest absolute Gasteiger partial charge is 0.491 e. The van der Waals surface area contributed by atoms with Gasteiger partial charge in [0.25, 0.3) is 0 Å². The summed E-state index contributed by atoms with van der Waals surface area (Å²) in [7, 11) is 1.35. The van der Waals surface area contributed by atoms with Gasteiger partial charge >= 0.3 is 0 Å². The quantitative estimate of drug-likeness (QED) is 0.503. The van der Waals surface area contributed by atoms with Crippen LogP contribution in [0.3, 0.4) is 0 Å². The Morgan fingerprint density at radius 1 is 1.33 bits per heavy atom. The molecule has 0 saturated heterocycles. The van der Waals surface area contributed by atoms with Crippen LogP contribution in [0.15, 0.2) is 0 Å². The zero-order chi connectivity index (χ0) is 4.99. The number of rotatable bonds is 1. The van der Waals surface area contributed by atoms with Crippen molar-refractivity contribution in [3.63, 3.8) is 0 Å². The molecule has 0 saturated carbocycles. The Kier molecular flexibility index (Phi) is 42.5. The Labute approximate surface area is 131 Å². The van der Waals surface area contributed by atoms with E-state index in [0.29, 0.717) is 0 Å². The van der Waals surface area contributed by atoms with Crippen molar-refractivity contribution in [3.05, 3.63) is 6.42 Å². The number of carbonyl (C=O) groups excluding carboxylic acids is 1. The summed E-state index contributed by atoms with van der Waals surface area (Å²) in [6.45, 7) is 1.63. The SMILES string of the molecule is C[CH-]C(=O)OC.[Y].[Y].[Y]. The summed E-state index contributed by atoms with van der Waals surface area (Å²) in [5, 5.41) is 0. The van der Waals surface area contributed by atoms with Crippen LogP contribution in [-0.2, 0) is 108 Å². The minimum Gasteiger partial charge on any atom is -0.491 e. The molecule has 0 amide bonds. The molecular weight excluding hydrogens is 347 g/mol. The summed E-state index contributed by atoms with van der Waals surface area (Å²) in [6, 6.07) is 0. The zero-order valence-corrected chi connectivity index (χ0v) is 14.1. The molecule has 45 valence electrons. The van der Waals surface area contributed by atoms with E-state index in [-0.39, 0.29) is 104 Å². The van der Waals surface area contributed by atoms with Crippen LogP contribution in [0.1, 0.15) is 6.92 Å². The first-order valence-corrected chi connectivity index (χ1v) is 1.68. The summed E-state index contributed by atoms with van der Waals surface area (Å²) in [6.07, 6.45) is 1.36. The predicted molar refractivity (Wildman–Crippen MR) is 22.0 cm³/mol. The Hall–Kier alpha value is 2.65. The Balaban J connectivity index is -0.0000000417. The fourth-order valence-corrected chi connectivity index (χ4v) is 0.118. The van der Waals surface area contributed by atoms with Gasteiger partial charge in [-0.15, -0.1) is 0 Å². The van der Waals surface area contributed by atoms with Crippen molar-refractivity contribution < 1.29 is 108 Å². The predicted octanol–water partition coefficient (Wildman–Crippen LogP) is 0.376. The second kappa shape index (κ2) is 16.9. The standard InChI is InChI=1S/C4H7O2.3Y/c1-3-4(5)6-2;;;/h3H,1-2H3;;;/q-1;;;. The molecule has 0 aromatic rings. The van der Waals surface area contributed by atoms with Crippen LogP contribution >= 0.6 is 0 Å². The Morgan fingerprint density at radius 3 is 1.67 bits per heavy atom. The molecule has 9 heavy (non-hydrogen) atoms. The molecule has 0 N–H and O–H groups in total. The van der Waals surface area contributed by atoms with Gasteiger partial charge in [-0.25, -0.2) is 0 Å². The number of carbonyl (C=O) groups is 1. The monoisotopic (exact) mass is 354 g/mol. The van der Waals surface area contributed by atoms with E-state index < -0.39 is 0 Å². The van der Waals surface area contributed by atoms with E-state index in [0.717, 1.165) is 0 Å². The van der Waals surface area contributed by atoms with Gasteiger partial charge in [-0.2, -0.15) is 6.92 Å². The maximum atomic E-state index is 9.90. The van der Waals surface area contributed by atoms with Crippen LogP contribution in [0.25, 0.3) is 0 Å². The van der Waals surface area contributed by atoms with Crippen LogP contribution in [0, 0.1) is 6.42 Å². The summed E-state index contributed by atoms with van der Waals surface area (Å²) in [4.78, 5) is 9.90. The van der Waals surface area contributed by atoms with Crippen LogP contribution in [0.2, 0.25) is 0 Å². The van der Waals surface area contributed by atoms with Gasteiger partial charge in [-0.05, 0) is 0 Å². The van der Waals surface area contributed by atoms with Gasteiger partial charge in [-0.3, -0.25) is 11.2 Å². The third kappa shape index (κ3) is 18.0. The van der Waals surface area contributed by atoms with Gasteiger partial charge < -0.3 is 4.74 Å². The Morgan fingerprint density at radius 2 is 1.67 bits per heavy atom. The number of esters is 1. The van der Waals surface area contributed by atoms with Gasteiger partial charge in [-0.1, -0.05) is 0 Å². The smallest absolute Gasteiger partial charge is 0.166 e. The van der Waals surface area contributed by atoms with E-state index >= 15 is 0 Å². The average Bonchev–Trinajstić information content (AvgIpc) is 1.65. The molecule has 0 aromatic carbocycles. The first-order valence-electron chi connectivity index (χ1n) is 1.68. The maximum Gasteiger partial charge on any atom is 0.166 e. The molecule has 0 rings (SSSR count). The van der Waals surface area contributed by atoms with E-state index in [9.17, 15) is 4.79 Å². The van der Waals surface area contributed by atoms with Gasteiger partial charge in [0.2, 0.25) is 0 Å². The molecule has 0 atom stereocenters.